The molecule has 2 aromatic rings. The van der Waals surface area contributed by atoms with Gasteiger partial charge in [-0.15, -0.1) is 0 Å². The summed E-state index contributed by atoms with van der Waals surface area (Å²) in [5, 5.41) is 0. The van der Waals surface area contributed by atoms with E-state index in [0.717, 1.165) is 17.7 Å². The molecule has 0 aromatic heterocycles. The Labute approximate surface area is 108 Å². The van der Waals surface area contributed by atoms with Crippen molar-refractivity contribution in [1.29, 1.82) is 0 Å². The van der Waals surface area contributed by atoms with Gasteiger partial charge in [0.1, 0.15) is 5.82 Å². The number of hydrogen-bond donors (Lipinski definition) is 0. The molecule has 0 aliphatic carbocycles. The average Bonchev–Trinajstić information content (AvgIpc) is 2.35. The van der Waals surface area contributed by atoms with Crippen molar-refractivity contribution in [2.24, 2.45) is 0 Å². The maximum Gasteiger partial charge on any atom is 0.416 e. The molecule has 0 aliphatic rings. The second-order valence-corrected chi connectivity index (χ2v) is 4.45. The Morgan fingerprint density at radius 3 is 2.26 bits per heavy atom. The molecule has 0 amide bonds. The molecule has 100 valence electrons. The number of halogens is 4. The molecule has 0 atom stereocenters. The minimum Gasteiger partial charge on any atom is -0.206 e. The van der Waals surface area contributed by atoms with Gasteiger partial charge >= 0.3 is 6.18 Å². The van der Waals surface area contributed by atoms with Crippen LogP contribution in [0, 0.1) is 19.7 Å². The fourth-order valence-corrected chi connectivity index (χ4v) is 1.87. The highest BCUT2D eigenvalue weighted by Gasteiger charge is 2.30. The third-order valence-corrected chi connectivity index (χ3v) is 3.16. The van der Waals surface area contributed by atoms with E-state index in [1.54, 1.807) is 19.9 Å². The van der Waals surface area contributed by atoms with Gasteiger partial charge < -0.3 is 0 Å². The summed E-state index contributed by atoms with van der Waals surface area (Å²) in [6.45, 7) is 3.37. The predicted octanol–water partition coefficient (Wildman–Crippen LogP) is 5.13. The first-order valence-electron chi connectivity index (χ1n) is 5.74. The van der Waals surface area contributed by atoms with Crippen LogP contribution in [-0.4, -0.2) is 0 Å². The van der Waals surface area contributed by atoms with Gasteiger partial charge in [-0.05, 0) is 42.7 Å². The van der Waals surface area contributed by atoms with Crippen molar-refractivity contribution in [2.75, 3.05) is 0 Å². The van der Waals surface area contributed by atoms with Crippen LogP contribution >= 0.6 is 0 Å². The molecule has 0 unspecified atom stereocenters. The first-order valence-corrected chi connectivity index (χ1v) is 5.74. The lowest BCUT2D eigenvalue weighted by atomic mass is 9.98. The normalized spacial score (nSPS) is 11.7. The number of rotatable bonds is 1. The number of hydrogen-bond acceptors (Lipinski definition) is 0. The summed E-state index contributed by atoms with van der Waals surface area (Å²) < 4.78 is 52.0. The standard InChI is InChI=1S/C15H12F4/c1-9-6-7-13(14(16)10(9)2)11-4-3-5-12(8-11)15(17,18)19/h3-8H,1-2H3. The second-order valence-electron chi connectivity index (χ2n) is 4.45. The summed E-state index contributed by atoms with van der Waals surface area (Å²) in [6.07, 6.45) is -4.42. The average molecular weight is 268 g/mol. The van der Waals surface area contributed by atoms with Crippen molar-refractivity contribution in [3.63, 3.8) is 0 Å². The van der Waals surface area contributed by atoms with Gasteiger partial charge in [0, 0.05) is 5.56 Å². The van der Waals surface area contributed by atoms with E-state index < -0.39 is 17.6 Å². The third-order valence-electron chi connectivity index (χ3n) is 3.16. The summed E-state index contributed by atoms with van der Waals surface area (Å²) >= 11 is 0. The maximum absolute atomic E-state index is 14.1. The third kappa shape index (κ3) is 2.62. The zero-order valence-corrected chi connectivity index (χ0v) is 10.5. The van der Waals surface area contributed by atoms with E-state index in [0.29, 0.717) is 5.56 Å². The lowest BCUT2D eigenvalue weighted by molar-refractivity contribution is -0.137. The largest absolute Gasteiger partial charge is 0.416 e. The zero-order valence-electron chi connectivity index (χ0n) is 10.5. The number of aryl methyl sites for hydroxylation is 1. The van der Waals surface area contributed by atoms with Gasteiger partial charge in [-0.25, -0.2) is 4.39 Å². The highest BCUT2D eigenvalue weighted by molar-refractivity contribution is 5.66. The van der Waals surface area contributed by atoms with E-state index in [-0.39, 0.29) is 11.1 Å². The summed E-state index contributed by atoms with van der Waals surface area (Å²) in [4.78, 5) is 0. The van der Waals surface area contributed by atoms with E-state index in [1.165, 1.54) is 18.2 Å². The molecule has 0 radical (unpaired) electrons. The monoisotopic (exact) mass is 268 g/mol. The Morgan fingerprint density at radius 1 is 0.947 bits per heavy atom. The van der Waals surface area contributed by atoms with Crippen LogP contribution in [0.1, 0.15) is 16.7 Å². The van der Waals surface area contributed by atoms with Crippen LogP contribution in [0.2, 0.25) is 0 Å². The number of benzene rings is 2. The Hall–Kier alpha value is -1.84. The van der Waals surface area contributed by atoms with Crippen LogP contribution in [0.4, 0.5) is 17.6 Å². The molecular weight excluding hydrogens is 256 g/mol. The SMILES string of the molecule is Cc1ccc(-c2cccc(C(F)(F)F)c2)c(F)c1C. The van der Waals surface area contributed by atoms with Gasteiger partial charge in [0.15, 0.2) is 0 Å². The summed E-state index contributed by atoms with van der Waals surface area (Å²) in [5.41, 5.74) is 0.871. The van der Waals surface area contributed by atoms with Gasteiger partial charge in [0.25, 0.3) is 0 Å². The van der Waals surface area contributed by atoms with Gasteiger partial charge in [-0.3, -0.25) is 0 Å². The second kappa shape index (κ2) is 4.68. The van der Waals surface area contributed by atoms with E-state index in [1.807, 2.05) is 0 Å². The lowest BCUT2D eigenvalue weighted by Crippen LogP contribution is -2.04. The van der Waals surface area contributed by atoms with Crippen LogP contribution in [-0.2, 0) is 6.18 Å². The molecule has 0 N–H and O–H groups in total. The molecule has 0 fully saturated rings. The fourth-order valence-electron chi connectivity index (χ4n) is 1.87. The van der Waals surface area contributed by atoms with E-state index in [2.05, 4.69) is 0 Å². The van der Waals surface area contributed by atoms with E-state index in [4.69, 9.17) is 0 Å². The maximum atomic E-state index is 14.1. The molecule has 0 nitrogen and oxygen atoms in total. The molecule has 0 spiro atoms. The predicted molar refractivity (Wildman–Crippen MR) is 66.3 cm³/mol. The van der Waals surface area contributed by atoms with Crippen LogP contribution in [0.3, 0.4) is 0 Å². The minimum atomic E-state index is -4.42. The smallest absolute Gasteiger partial charge is 0.206 e. The molecule has 2 rings (SSSR count). The van der Waals surface area contributed by atoms with Crippen LogP contribution in [0.15, 0.2) is 36.4 Å². The van der Waals surface area contributed by atoms with Crippen molar-refractivity contribution in [1.82, 2.24) is 0 Å². The highest BCUT2D eigenvalue weighted by atomic mass is 19.4. The zero-order chi connectivity index (χ0) is 14.2. The molecule has 0 saturated heterocycles. The molecule has 0 heterocycles. The van der Waals surface area contributed by atoms with Crippen LogP contribution < -0.4 is 0 Å². The Morgan fingerprint density at radius 2 is 1.63 bits per heavy atom. The molecule has 4 heteroatoms. The van der Waals surface area contributed by atoms with Gasteiger partial charge in [-0.2, -0.15) is 13.2 Å². The van der Waals surface area contributed by atoms with E-state index in [9.17, 15) is 17.6 Å². The summed E-state index contributed by atoms with van der Waals surface area (Å²) in [5.74, 6) is -0.473. The van der Waals surface area contributed by atoms with Crippen molar-refractivity contribution >= 4 is 0 Å². The summed E-state index contributed by atoms with van der Waals surface area (Å²) in [7, 11) is 0. The molecule has 19 heavy (non-hydrogen) atoms. The number of alkyl halides is 3. The molecule has 0 saturated carbocycles. The topological polar surface area (TPSA) is 0 Å². The first-order chi connectivity index (χ1) is 8.80. The lowest BCUT2D eigenvalue weighted by Gasteiger charge is -2.11. The molecular formula is C15H12F4. The van der Waals surface area contributed by atoms with Crippen LogP contribution in [0.5, 0.6) is 0 Å². The summed E-state index contributed by atoms with van der Waals surface area (Å²) in [6, 6.07) is 7.91. The van der Waals surface area contributed by atoms with Gasteiger partial charge in [0.2, 0.25) is 0 Å². The van der Waals surface area contributed by atoms with Crippen molar-refractivity contribution < 1.29 is 17.6 Å². The molecule has 0 bridgehead atoms. The molecule has 2 aromatic carbocycles. The Bertz CT molecular complexity index is 612. The fraction of sp³-hybridized carbons (Fsp3) is 0.200. The first kappa shape index (κ1) is 13.6. The Balaban J connectivity index is 2.57. The highest BCUT2D eigenvalue weighted by Crippen LogP contribution is 2.33. The van der Waals surface area contributed by atoms with Crippen LogP contribution in [0.25, 0.3) is 11.1 Å². The van der Waals surface area contributed by atoms with Crippen molar-refractivity contribution in [3.05, 3.63) is 58.9 Å². The van der Waals surface area contributed by atoms with Gasteiger partial charge in [0.05, 0.1) is 5.56 Å². The minimum absolute atomic E-state index is 0.189. The Kier molecular flexibility index (Phi) is 3.35. The van der Waals surface area contributed by atoms with Gasteiger partial charge in [-0.1, -0.05) is 24.3 Å². The molecule has 0 aliphatic heterocycles. The van der Waals surface area contributed by atoms with E-state index >= 15 is 0 Å². The quantitative estimate of drug-likeness (QED) is 0.629. The van der Waals surface area contributed by atoms with Crippen molar-refractivity contribution in [2.45, 2.75) is 20.0 Å². The van der Waals surface area contributed by atoms with Crippen molar-refractivity contribution in [3.8, 4) is 11.1 Å².